The lowest BCUT2D eigenvalue weighted by atomic mass is 10.2. The van der Waals surface area contributed by atoms with E-state index in [2.05, 4.69) is 26.8 Å². The van der Waals surface area contributed by atoms with E-state index in [1.165, 1.54) is 12.1 Å². The minimum atomic E-state index is -3.65. The molecule has 2 aromatic rings. The van der Waals surface area contributed by atoms with Gasteiger partial charge in [-0.25, -0.2) is 13.1 Å². The van der Waals surface area contributed by atoms with E-state index in [9.17, 15) is 13.2 Å². The van der Waals surface area contributed by atoms with Crippen molar-refractivity contribution in [1.82, 2.24) is 9.62 Å². The van der Waals surface area contributed by atoms with Crippen LogP contribution in [0.5, 0.6) is 0 Å². The van der Waals surface area contributed by atoms with E-state index in [0.29, 0.717) is 11.3 Å². The Labute approximate surface area is 179 Å². The summed E-state index contributed by atoms with van der Waals surface area (Å²) in [5.41, 5.74) is 2.10. The van der Waals surface area contributed by atoms with Gasteiger partial charge in [0.25, 0.3) is 5.91 Å². The zero-order chi connectivity index (χ0) is 21.7. The number of carbonyl (C=O) groups is 1. The van der Waals surface area contributed by atoms with Gasteiger partial charge in [0.1, 0.15) is 0 Å². The first kappa shape index (κ1) is 22.3. The number of sulfonamides is 1. The van der Waals surface area contributed by atoms with Crippen LogP contribution in [0.3, 0.4) is 0 Å². The molecule has 0 spiro atoms. The third-order valence-corrected chi connectivity index (χ3v) is 6.76. The molecular formula is C22H30N4O3S. The first-order valence-corrected chi connectivity index (χ1v) is 11.8. The number of anilines is 2. The standard InChI is InChI=1S/C22H30N4O3S/c1-4-25-12-14-26(15-13-25)20-10-8-19(9-11-20)23-22(27)18-6-5-7-21(16-18)30(28,29)24-17(2)3/h5-11,16-17,24H,4,12-15H2,1-3H3,(H,23,27). The van der Waals surface area contributed by atoms with Crippen molar-refractivity contribution in [2.24, 2.45) is 0 Å². The molecule has 30 heavy (non-hydrogen) atoms. The highest BCUT2D eigenvalue weighted by atomic mass is 32.2. The molecule has 0 aliphatic carbocycles. The van der Waals surface area contributed by atoms with Gasteiger partial charge in [-0.1, -0.05) is 13.0 Å². The SMILES string of the molecule is CCN1CCN(c2ccc(NC(=O)c3cccc(S(=O)(=O)NC(C)C)c3)cc2)CC1. The van der Waals surface area contributed by atoms with Gasteiger partial charge < -0.3 is 15.1 Å². The summed E-state index contributed by atoms with van der Waals surface area (Å²) in [4.78, 5) is 17.5. The van der Waals surface area contributed by atoms with Gasteiger partial charge in [-0.15, -0.1) is 0 Å². The van der Waals surface area contributed by atoms with E-state index in [0.717, 1.165) is 38.4 Å². The van der Waals surface area contributed by atoms with Crippen LogP contribution in [0.2, 0.25) is 0 Å². The van der Waals surface area contributed by atoms with E-state index in [4.69, 9.17) is 0 Å². The van der Waals surface area contributed by atoms with Gasteiger partial charge in [0.2, 0.25) is 10.0 Å². The van der Waals surface area contributed by atoms with Gasteiger partial charge in [0.15, 0.2) is 0 Å². The molecular weight excluding hydrogens is 400 g/mol. The van der Waals surface area contributed by atoms with Crippen molar-refractivity contribution in [2.75, 3.05) is 42.9 Å². The fourth-order valence-electron chi connectivity index (χ4n) is 3.46. The molecule has 1 aliphatic rings. The van der Waals surface area contributed by atoms with Crippen molar-refractivity contribution in [1.29, 1.82) is 0 Å². The normalized spacial score (nSPS) is 15.4. The van der Waals surface area contributed by atoms with Crippen LogP contribution < -0.4 is 14.9 Å². The van der Waals surface area contributed by atoms with E-state index in [1.807, 2.05) is 24.3 Å². The Kier molecular flexibility index (Phi) is 7.12. The van der Waals surface area contributed by atoms with Crippen LogP contribution in [-0.2, 0) is 10.0 Å². The van der Waals surface area contributed by atoms with Crippen molar-refractivity contribution in [3.8, 4) is 0 Å². The van der Waals surface area contributed by atoms with Gasteiger partial charge in [0.05, 0.1) is 4.90 Å². The Morgan fingerprint density at radius 3 is 2.30 bits per heavy atom. The van der Waals surface area contributed by atoms with Crippen molar-refractivity contribution < 1.29 is 13.2 Å². The van der Waals surface area contributed by atoms with Crippen molar-refractivity contribution in [3.05, 3.63) is 54.1 Å². The third-order valence-electron chi connectivity index (χ3n) is 5.11. The molecule has 0 unspecified atom stereocenters. The molecule has 0 atom stereocenters. The van der Waals surface area contributed by atoms with Crippen LogP contribution >= 0.6 is 0 Å². The molecule has 162 valence electrons. The Hall–Kier alpha value is -2.42. The fourth-order valence-corrected chi connectivity index (χ4v) is 4.76. The number of hydrogen-bond acceptors (Lipinski definition) is 5. The predicted octanol–water partition coefficient (Wildman–Crippen LogP) is 2.77. The summed E-state index contributed by atoms with van der Waals surface area (Å²) in [5.74, 6) is -0.346. The van der Waals surface area contributed by atoms with Crippen molar-refractivity contribution in [2.45, 2.75) is 31.7 Å². The second-order valence-corrected chi connectivity index (χ2v) is 9.44. The average molecular weight is 431 g/mol. The topological polar surface area (TPSA) is 81.8 Å². The quantitative estimate of drug-likeness (QED) is 0.706. The first-order valence-electron chi connectivity index (χ1n) is 10.3. The van der Waals surface area contributed by atoms with E-state index < -0.39 is 10.0 Å². The summed E-state index contributed by atoms with van der Waals surface area (Å²) in [6.45, 7) is 10.9. The molecule has 0 aromatic heterocycles. The maximum absolute atomic E-state index is 12.6. The molecule has 8 heteroatoms. The maximum atomic E-state index is 12.6. The second-order valence-electron chi connectivity index (χ2n) is 7.73. The lowest BCUT2D eigenvalue weighted by molar-refractivity contribution is 0.102. The van der Waals surface area contributed by atoms with Gasteiger partial charge in [0, 0.05) is 49.2 Å². The maximum Gasteiger partial charge on any atom is 0.255 e. The molecule has 1 heterocycles. The average Bonchev–Trinajstić information content (AvgIpc) is 2.73. The zero-order valence-electron chi connectivity index (χ0n) is 17.8. The molecule has 7 nitrogen and oxygen atoms in total. The van der Waals surface area contributed by atoms with Crippen LogP contribution in [-0.4, -0.2) is 58.0 Å². The number of nitrogens with one attached hydrogen (secondary N) is 2. The van der Waals surface area contributed by atoms with Crippen LogP contribution in [0, 0.1) is 0 Å². The molecule has 3 rings (SSSR count). The Morgan fingerprint density at radius 2 is 1.70 bits per heavy atom. The van der Waals surface area contributed by atoms with Crippen molar-refractivity contribution in [3.63, 3.8) is 0 Å². The predicted molar refractivity (Wildman–Crippen MR) is 121 cm³/mol. The third kappa shape index (κ3) is 5.59. The number of likely N-dealkylation sites (N-methyl/N-ethyl adjacent to an activating group) is 1. The van der Waals surface area contributed by atoms with Gasteiger partial charge in [-0.05, 0) is 62.9 Å². The van der Waals surface area contributed by atoms with Crippen LogP contribution in [0.15, 0.2) is 53.4 Å². The summed E-state index contributed by atoms with van der Waals surface area (Å²) in [7, 11) is -3.65. The molecule has 1 aliphatic heterocycles. The summed E-state index contributed by atoms with van der Waals surface area (Å²) >= 11 is 0. The molecule has 1 fully saturated rings. The molecule has 1 amide bonds. The number of carbonyl (C=O) groups excluding carboxylic acids is 1. The van der Waals surface area contributed by atoms with E-state index in [-0.39, 0.29) is 16.8 Å². The number of rotatable bonds is 7. The van der Waals surface area contributed by atoms with Gasteiger partial charge in [-0.2, -0.15) is 0 Å². The van der Waals surface area contributed by atoms with Crippen molar-refractivity contribution >= 4 is 27.3 Å². The molecule has 0 radical (unpaired) electrons. The van der Waals surface area contributed by atoms with Gasteiger partial charge in [-0.3, -0.25) is 4.79 Å². The first-order chi connectivity index (χ1) is 14.3. The molecule has 2 aromatic carbocycles. The fraction of sp³-hybridized carbons (Fsp3) is 0.409. The summed E-state index contributed by atoms with van der Waals surface area (Å²) in [5, 5.41) is 2.84. The Bertz CT molecular complexity index is 966. The summed E-state index contributed by atoms with van der Waals surface area (Å²) in [6.07, 6.45) is 0. The van der Waals surface area contributed by atoms with Crippen LogP contribution in [0.25, 0.3) is 0 Å². The molecule has 2 N–H and O–H groups in total. The highest BCUT2D eigenvalue weighted by Gasteiger charge is 2.18. The zero-order valence-corrected chi connectivity index (χ0v) is 18.6. The molecule has 1 saturated heterocycles. The Balaban J connectivity index is 1.66. The lowest BCUT2D eigenvalue weighted by Gasteiger charge is -2.35. The molecule has 0 saturated carbocycles. The monoisotopic (exact) mass is 430 g/mol. The van der Waals surface area contributed by atoms with Gasteiger partial charge >= 0.3 is 0 Å². The largest absolute Gasteiger partial charge is 0.369 e. The van der Waals surface area contributed by atoms with E-state index >= 15 is 0 Å². The summed E-state index contributed by atoms with van der Waals surface area (Å²) < 4.78 is 27.2. The minimum Gasteiger partial charge on any atom is -0.369 e. The lowest BCUT2D eigenvalue weighted by Crippen LogP contribution is -2.46. The van der Waals surface area contributed by atoms with Crippen LogP contribution in [0.4, 0.5) is 11.4 Å². The Morgan fingerprint density at radius 1 is 1.03 bits per heavy atom. The van der Waals surface area contributed by atoms with Crippen LogP contribution in [0.1, 0.15) is 31.1 Å². The van der Waals surface area contributed by atoms with E-state index in [1.54, 1.807) is 26.0 Å². The number of nitrogens with zero attached hydrogens (tertiary/aromatic N) is 2. The number of amides is 1. The highest BCUT2D eigenvalue weighted by molar-refractivity contribution is 7.89. The highest BCUT2D eigenvalue weighted by Crippen LogP contribution is 2.20. The number of hydrogen-bond donors (Lipinski definition) is 2. The smallest absolute Gasteiger partial charge is 0.255 e. The minimum absolute atomic E-state index is 0.0745. The number of piperazine rings is 1. The molecule has 0 bridgehead atoms. The second kappa shape index (κ2) is 9.59. The number of benzene rings is 2. The summed E-state index contributed by atoms with van der Waals surface area (Å²) in [6, 6.07) is 13.6.